The number of amides is 2. The standard InChI is InChI=1S/C23H32N2O5/c1-28-18-7-8-21(20(14-18)23(27)25-11-3-4-19(15-25)29-2)30-17-9-12-24(13-10-17)22(26)16-5-6-16/h7-8,14,16-17,19H,3-6,9-13,15H2,1-2H3. The van der Waals surface area contributed by atoms with Gasteiger partial charge in [0.15, 0.2) is 0 Å². The van der Waals surface area contributed by atoms with Gasteiger partial charge in [-0.15, -0.1) is 0 Å². The number of carbonyl (C=O) groups excluding carboxylic acids is 2. The zero-order chi connectivity index (χ0) is 21.1. The lowest BCUT2D eigenvalue weighted by molar-refractivity contribution is -0.134. The summed E-state index contributed by atoms with van der Waals surface area (Å²) in [5.74, 6) is 1.73. The number of ether oxygens (including phenoxy) is 3. The molecular formula is C23H32N2O5. The summed E-state index contributed by atoms with van der Waals surface area (Å²) >= 11 is 0. The molecule has 7 heteroatoms. The second kappa shape index (κ2) is 9.25. The van der Waals surface area contributed by atoms with Crippen LogP contribution in [0.1, 0.15) is 48.9 Å². The molecular weight excluding hydrogens is 384 g/mol. The number of likely N-dealkylation sites (tertiary alicyclic amines) is 2. The molecule has 164 valence electrons. The van der Waals surface area contributed by atoms with E-state index in [4.69, 9.17) is 14.2 Å². The molecule has 7 nitrogen and oxygen atoms in total. The normalized spacial score (nSPS) is 22.7. The van der Waals surface area contributed by atoms with Crippen LogP contribution in [0.5, 0.6) is 11.5 Å². The summed E-state index contributed by atoms with van der Waals surface area (Å²) in [6.45, 7) is 2.76. The molecule has 3 fully saturated rings. The highest BCUT2D eigenvalue weighted by Crippen LogP contribution is 2.33. The van der Waals surface area contributed by atoms with E-state index in [0.29, 0.717) is 29.5 Å². The van der Waals surface area contributed by atoms with Gasteiger partial charge in [0.2, 0.25) is 5.91 Å². The van der Waals surface area contributed by atoms with Gasteiger partial charge in [-0.2, -0.15) is 0 Å². The summed E-state index contributed by atoms with van der Waals surface area (Å²) in [7, 11) is 3.29. The molecule has 0 aromatic heterocycles. The van der Waals surface area contributed by atoms with Crippen molar-refractivity contribution >= 4 is 11.8 Å². The minimum atomic E-state index is -0.0491. The van der Waals surface area contributed by atoms with Gasteiger partial charge in [0.1, 0.15) is 17.6 Å². The molecule has 1 aliphatic carbocycles. The molecule has 1 atom stereocenters. The first-order chi connectivity index (χ1) is 14.6. The van der Waals surface area contributed by atoms with Crippen LogP contribution in [0.15, 0.2) is 18.2 Å². The van der Waals surface area contributed by atoms with Crippen molar-refractivity contribution in [3.8, 4) is 11.5 Å². The summed E-state index contributed by atoms with van der Waals surface area (Å²) in [5, 5.41) is 0. The van der Waals surface area contributed by atoms with E-state index < -0.39 is 0 Å². The Kier molecular flexibility index (Phi) is 6.46. The van der Waals surface area contributed by atoms with Crippen molar-refractivity contribution in [2.24, 2.45) is 5.92 Å². The third-order valence-corrected chi connectivity index (χ3v) is 6.39. The fraction of sp³-hybridized carbons (Fsp3) is 0.652. The van der Waals surface area contributed by atoms with Crippen molar-refractivity contribution in [1.82, 2.24) is 9.80 Å². The van der Waals surface area contributed by atoms with Gasteiger partial charge in [-0.05, 0) is 43.9 Å². The molecule has 1 unspecified atom stereocenters. The Labute approximate surface area is 178 Å². The summed E-state index contributed by atoms with van der Waals surface area (Å²) in [6.07, 6.45) is 5.62. The zero-order valence-electron chi connectivity index (χ0n) is 18.0. The number of methoxy groups -OCH3 is 2. The van der Waals surface area contributed by atoms with Crippen molar-refractivity contribution in [3.63, 3.8) is 0 Å². The van der Waals surface area contributed by atoms with Crippen molar-refractivity contribution in [1.29, 1.82) is 0 Å². The molecule has 0 radical (unpaired) electrons. The lowest BCUT2D eigenvalue weighted by atomic mass is 10.0. The molecule has 2 saturated heterocycles. The summed E-state index contributed by atoms with van der Waals surface area (Å²) < 4.78 is 17.1. The predicted octanol–water partition coefficient (Wildman–Crippen LogP) is 2.73. The number of hydrogen-bond donors (Lipinski definition) is 0. The van der Waals surface area contributed by atoms with E-state index in [2.05, 4.69) is 0 Å². The van der Waals surface area contributed by atoms with Crippen LogP contribution >= 0.6 is 0 Å². The molecule has 3 aliphatic rings. The fourth-order valence-electron chi connectivity index (χ4n) is 4.35. The molecule has 2 heterocycles. The molecule has 1 saturated carbocycles. The van der Waals surface area contributed by atoms with Crippen molar-refractivity contribution < 1.29 is 23.8 Å². The molecule has 2 amide bonds. The first kappa shape index (κ1) is 21.0. The highest BCUT2D eigenvalue weighted by atomic mass is 16.5. The largest absolute Gasteiger partial charge is 0.497 e. The zero-order valence-corrected chi connectivity index (χ0v) is 18.0. The first-order valence-corrected chi connectivity index (χ1v) is 11.0. The van der Waals surface area contributed by atoms with Crippen LogP contribution in [-0.4, -0.2) is 74.2 Å². The third kappa shape index (κ3) is 4.72. The van der Waals surface area contributed by atoms with Crippen LogP contribution < -0.4 is 9.47 Å². The Morgan fingerprint density at radius 1 is 0.933 bits per heavy atom. The number of rotatable bonds is 6. The van der Waals surface area contributed by atoms with E-state index in [1.54, 1.807) is 20.3 Å². The third-order valence-electron chi connectivity index (χ3n) is 6.39. The van der Waals surface area contributed by atoms with E-state index in [0.717, 1.165) is 58.2 Å². The Balaban J connectivity index is 1.44. The van der Waals surface area contributed by atoms with Crippen LogP contribution in [0.25, 0.3) is 0 Å². The number of hydrogen-bond acceptors (Lipinski definition) is 5. The van der Waals surface area contributed by atoms with Gasteiger partial charge in [-0.1, -0.05) is 0 Å². The van der Waals surface area contributed by atoms with E-state index in [-0.39, 0.29) is 24.0 Å². The molecule has 0 bridgehead atoms. The van der Waals surface area contributed by atoms with Gasteiger partial charge in [0, 0.05) is 52.0 Å². The SMILES string of the molecule is COc1ccc(OC2CCN(C(=O)C3CC3)CC2)c(C(=O)N2CCCC(OC)C2)c1. The van der Waals surface area contributed by atoms with Crippen LogP contribution in [0.2, 0.25) is 0 Å². The fourth-order valence-corrected chi connectivity index (χ4v) is 4.35. The first-order valence-electron chi connectivity index (χ1n) is 11.0. The van der Waals surface area contributed by atoms with Crippen molar-refractivity contribution in [3.05, 3.63) is 23.8 Å². The maximum absolute atomic E-state index is 13.3. The average Bonchev–Trinajstić information content (AvgIpc) is 3.64. The number of piperidine rings is 2. The molecule has 2 aliphatic heterocycles. The highest BCUT2D eigenvalue weighted by molar-refractivity contribution is 5.97. The van der Waals surface area contributed by atoms with Gasteiger partial charge in [-0.25, -0.2) is 0 Å². The van der Waals surface area contributed by atoms with Gasteiger partial charge in [0.05, 0.1) is 18.8 Å². The average molecular weight is 417 g/mol. The maximum atomic E-state index is 13.3. The predicted molar refractivity (Wildman–Crippen MR) is 112 cm³/mol. The van der Waals surface area contributed by atoms with Gasteiger partial charge in [-0.3, -0.25) is 9.59 Å². The van der Waals surface area contributed by atoms with Crippen LogP contribution in [0.3, 0.4) is 0 Å². The summed E-state index contributed by atoms with van der Waals surface area (Å²) in [5.41, 5.74) is 0.530. The number of benzene rings is 1. The highest BCUT2D eigenvalue weighted by Gasteiger charge is 2.35. The lowest BCUT2D eigenvalue weighted by Crippen LogP contribution is -2.43. The summed E-state index contributed by atoms with van der Waals surface area (Å²) in [4.78, 5) is 29.4. The van der Waals surface area contributed by atoms with Crippen molar-refractivity contribution in [2.75, 3.05) is 40.4 Å². The van der Waals surface area contributed by atoms with Crippen LogP contribution in [0, 0.1) is 5.92 Å². The smallest absolute Gasteiger partial charge is 0.257 e. The molecule has 4 rings (SSSR count). The Morgan fingerprint density at radius 2 is 1.70 bits per heavy atom. The number of nitrogens with zero attached hydrogens (tertiary/aromatic N) is 2. The molecule has 1 aromatic carbocycles. The van der Waals surface area contributed by atoms with E-state index in [1.807, 2.05) is 21.9 Å². The molecule has 0 N–H and O–H groups in total. The monoisotopic (exact) mass is 416 g/mol. The lowest BCUT2D eigenvalue weighted by Gasteiger charge is -2.34. The Hall–Kier alpha value is -2.28. The second-order valence-electron chi connectivity index (χ2n) is 8.53. The van der Waals surface area contributed by atoms with Gasteiger partial charge >= 0.3 is 0 Å². The summed E-state index contributed by atoms with van der Waals surface area (Å²) in [6, 6.07) is 5.41. The van der Waals surface area contributed by atoms with Gasteiger partial charge < -0.3 is 24.0 Å². The van der Waals surface area contributed by atoms with E-state index in [1.165, 1.54) is 0 Å². The second-order valence-corrected chi connectivity index (χ2v) is 8.53. The topological polar surface area (TPSA) is 68.3 Å². The molecule has 0 spiro atoms. The van der Waals surface area contributed by atoms with Crippen LogP contribution in [-0.2, 0) is 9.53 Å². The van der Waals surface area contributed by atoms with Gasteiger partial charge in [0.25, 0.3) is 5.91 Å². The quantitative estimate of drug-likeness (QED) is 0.713. The van der Waals surface area contributed by atoms with E-state index >= 15 is 0 Å². The minimum absolute atomic E-state index is 0.00118. The molecule has 30 heavy (non-hydrogen) atoms. The maximum Gasteiger partial charge on any atom is 0.257 e. The van der Waals surface area contributed by atoms with E-state index in [9.17, 15) is 9.59 Å². The molecule has 1 aromatic rings. The Bertz CT molecular complexity index is 771. The Morgan fingerprint density at radius 3 is 2.37 bits per heavy atom. The van der Waals surface area contributed by atoms with Crippen molar-refractivity contribution in [2.45, 2.75) is 50.7 Å². The van der Waals surface area contributed by atoms with Crippen LogP contribution in [0.4, 0.5) is 0 Å². The minimum Gasteiger partial charge on any atom is -0.497 e. The number of carbonyl (C=O) groups is 2.